The standard InChI is InChI=1S/C13H9Cl4NO4/c14-8-9(15)13(17)1-12(8,16)4-5(13)7-3-2(6(4)22-7)10(19)18(21)11(3)20/h2-7,21H,1H2/t2-,3+,4-,5-,6+,7-,12+,13+/m1/s1. The van der Waals surface area contributed by atoms with Crippen molar-refractivity contribution in [3.8, 4) is 0 Å². The van der Waals surface area contributed by atoms with Crippen LogP contribution in [0.3, 0.4) is 0 Å². The third-order valence-electron chi connectivity index (χ3n) is 5.99. The van der Waals surface area contributed by atoms with Gasteiger partial charge in [-0.1, -0.05) is 23.2 Å². The molecule has 0 spiro atoms. The third kappa shape index (κ3) is 1.18. The molecule has 8 atom stereocenters. The van der Waals surface area contributed by atoms with Crippen LogP contribution in [0.1, 0.15) is 6.42 Å². The summed E-state index contributed by atoms with van der Waals surface area (Å²) in [6, 6.07) is 0. The molecule has 4 fully saturated rings. The van der Waals surface area contributed by atoms with E-state index in [9.17, 15) is 14.8 Å². The summed E-state index contributed by atoms with van der Waals surface area (Å²) in [5.41, 5.74) is 0. The number of imide groups is 1. The Morgan fingerprint density at radius 1 is 1.00 bits per heavy atom. The van der Waals surface area contributed by atoms with Gasteiger partial charge in [0.2, 0.25) is 0 Å². The first-order valence-corrected chi connectivity index (χ1v) is 8.41. The lowest BCUT2D eigenvalue weighted by Gasteiger charge is -2.40. The predicted octanol–water partition coefficient (Wildman–Crippen LogP) is 2.05. The highest BCUT2D eigenvalue weighted by Gasteiger charge is 2.81. The number of carbonyl (C=O) groups excluding carboxylic acids is 2. The van der Waals surface area contributed by atoms with Crippen LogP contribution in [-0.4, -0.2) is 44.0 Å². The minimum absolute atomic E-state index is 0.194. The molecule has 0 radical (unpaired) electrons. The maximum Gasteiger partial charge on any atom is 0.259 e. The number of carbonyl (C=O) groups is 2. The number of allylic oxidation sites excluding steroid dienone is 2. The fourth-order valence-electron chi connectivity index (χ4n) is 5.28. The van der Waals surface area contributed by atoms with Gasteiger partial charge in [-0.2, -0.15) is 5.06 Å². The highest BCUT2D eigenvalue weighted by Crippen LogP contribution is 2.75. The van der Waals surface area contributed by atoms with Gasteiger partial charge in [0, 0.05) is 11.8 Å². The van der Waals surface area contributed by atoms with Gasteiger partial charge < -0.3 is 4.74 Å². The Balaban J connectivity index is 1.68. The van der Waals surface area contributed by atoms with Gasteiger partial charge in [0.25, 0.3) is 11.8 Å². The second-order valence-corrected chi connectivity index (χ2v) is 8.79. The summed E-state index contributed by atoms with van der Waals surface area (Å²) in [4.78, 5) is 22.3. The third-order valence-corrected chi connectivity index (χ3v) is 8.48. The molecule has 2 amide bonds. The van der Waals surface area contributed by atoms with E-state index in [0.29, 0.717) is 16.5 Å². The summed E-state index contributed by atoms with van der Waals surface area (Å²) in [5.74, 6) is -3.31. The summed E-state index contributed by atoms with van der Waals surface area (Å²) in [5, 5.41) is 10.4. The lowest BCUT2D eigenvalue weighted by molar-refractivity contribution is -0.176. The maximum absolute atomic E-state index is 12.1. The van der Waals surface area contributed by atoms with Crippen LogP contribution in [0.4, 0.5) is 0 Å². The summed E-state index contributed by atoms with van der Waals surface area (Å²) in [6.45, 7) is 0. The number of amides is 2. The lowest BCUT2D eigenvalue weighted by Crippen LogP contribution is -2.50. The van der Waals surface area contributed by atoms with E-state index >= 15 is 0 Å². The van der Waals surface area contributed by atoms with Crippen molar-refractivity contribution < 1.29 is 19.5 Å². The van der Waals surface area contributed by atoms with Gasteiger partial charge in [-0.15, -0.1) is 23.2 Å². The molecule has 9 heteroatoms. The van der Waals surface area contributed by atoms with E-state index in [-0.39, 0.29) is 16.9 Å². The quantitative estimate of drug-likeness (QED) is 0.394. The van der Waals surface area contributed by atoms with E-state index in [1.54, 1.807) is 0 Å². The van der Waals surface area contributed by atoms with Crippen molar-refractivity contribution in [3.63, 3.8) is 0 Å². The lowest BCUT2D eigenvalue weighted by atomic mass is 9.65. The van der Waals surface area contributed by atoms with Crippen molar-refractivity contribution in [1.29, 1.82) is 0 Å². The molecule has 5 rings (SSSR count). The maximum atomic E-state index is 12.1. The number of hydrogen-bond donors (Lipinski definition) is 1. The van der Waals surface area contributed by atoms with Crippen LogP contribution in [0.15, 0.2) is 10.1 Å². The van der Waals surface area contributed by atoms with E-state index in [1.807, 2.05) is 0 Å². The number of hydrogen-bond acceptors (Lipinski definition) is 4. The monoisotopic (exact) mass is 383 g/mol. The van der Waals surface area contributed by atoms with E-state index in [1.165, 1.54) is 0 Å². The summed E-state index contributed by atoms with van der Waals surface area (Å²) in [7, 11) is 0. The van der Waals surface area contributed by atoms with Gasteiger partial charge in [0.15, 0.2) is 0 Å². The Bertz CT molecular complexity index is 644. The first-order chi connectivity index (χ1) is 10.2. The summed E-state index contributed by atoms with van der Waals surface area (Å²) in [6.07, 6.45) is -0.799. The number of nitrogens with zero attached hydrogens (tertiary/aromatic N) is 1. The Labute approximate surface area is 145 Å². The summed E-state index contributed by atoms with van der Waals surface area (Å²) < 4.78 is 5.91. The molecule has 3 saturated heterocycles. The zero-order valence-corrected chi connectivity index (χ0v) is 13.8. The molecule has 0 aromatic rings. The number of alkyl halides is 2. The van der Waals surface area contributed by atoms with Crippen molar-refractivity contribution in [1.82, 2.24) is 5.06 Å². The van der Waals surface area contributed by atoms with Gasteiger partial charge >= 0.3 is 0 Å². The molecule has 22 heavy (non-hydrogen) atoms. The normalized spacial score (nSPS) is 58.1. The van der Waals surface area contributed by atoms with Crippen molar-refractivity contribution in [2.45, 2.75) is 28.4 Å². The molecule has 1 N–H and O–H groups in total. The minimum atomic E-state index is -0.971. The van der Waals surface area contributed by atoms with Gasteiger partial charge in [0.1, 0.15) is 0 Å². The van der Waals surface area contributed by atoms with Gasteiger partial charge in [-0.3, -0.25) is 14.8 Å². The fraction of sp³-hybridized carbons (Fsp3) is 0.692. The van der Waals surface area contributed by atoms with Crippen molar-refractivity contribution in [2.24, 2.45) is 23.7 Å². The van der Waals surface area contributed by atoms with E-state index < -0.39 is 45.6 Å². The number of rotatable bonds is 0. The fourth-order valence-corrected chi connectivity index (χ4v) is 7.29. The zero-order valence-electron chi connectivity index (χ0n) is 10.8. The second-order valence-electron chi connectivity index (χ2n) is 6.69. The Morgan fingerprint density at radius 3 is 1.82 bits per heavy atom. The summed E-state index contributed by atoms with van der Waals surface area (Å²) >= 11 is 26.0. The molecular weight excluding hydrogens is 376 g/mol. The number of halogens is 4. The number of hydroxylamine groups is 2. The van der Waals surface area contributed by atoms with Gasteiger partial charge in [-0.05, 0) is 6.42 Å². The van der Waals surface area contributed by atoms with Crippen molar-refractivity contribution in [3.05, 3.63) is 10.1 Å². The molecule has 1 saturated carbocycles. The van der Waals surface area contributed by atoms with Gasteiger partial charge in [-0.25, -0.2) is 0 Å². The Hall–Kier alpha value is -0.0400. The van der Waals surface area contributed by atoms with Crippen LogP contribution in [0.5, 0.6) is 0 Å². The van der Waals surface area contributed by atoms with Crippen molar-refractivity contribution in [2.75, 3.05) is 0 Å². The molecule has 5 aliphatic rings. The molecule has 5 nitrogen and oxygen atoms in total. The van der Waals surface area contributed by atoms with E-state index in [2.05, 4.69) is 0 Å². The molecule has 3 aliphatic heterocycles. The number of ether oxygens (including phenoxy) is 1. The highest BCUT2D eigenvalue weighted by atomic mass is 35.5. The number of fused-ring (bicyclic) bond motifs is 12. The molecular formula is C13H9Cl4NO4. The molecule has 0 aromatic heterocycles. The largest absolute Gasteiger partial charge is 0.373 e. The minimum Gasteiger partial charge on any atom is -0.373 e. The van der Waals surface area contributed by atoms with Crippen LogP contribution < -0.4 is 0 Å². The average molecular weight is 385 g/mol. The van der Waals surface area contributed by atoms with Crippen LogP contribution in [-0.2, 0) is 14.3 Å². The average Bonchev–Trinajstić information content (AvgIpc) is 3.18. The smallest absolute Gasteiger partial charge is 0.259 e. The molecule has 0 unspecified atom stereocenters. The van der Waals surface area contributed by atoms with Crippen LogP contribution in [0, 0.1) is 23.7 Å². The molecule has 2 aliphatic carbocycles. The van der Waals surface area contributed by atoms with Crippen LogP contribution in [0.25, 0.3) is 0 Å². The molecule has 118 valence electrons. The predicted molar refractivity (Wildman–Crippen MR) is 76.8 cm³/mol. The van der Waals surface area contributed by atoms with E-state index in [4.69, 9.17) is 51.1 Å². The zero-order chi connectivity index (χ0) is 15.8. The SMILES string of the molecule is O=C1[C@@H]2[C@H]3O[C@@H]([C@@H]2C(=O)N1O)[C@H]1[C@H]3[C@@]2(Cl)C[C@@]1(Cl)C(Cl)=C2Cl. The Morgan fingerprint density at radius 2 is 1.41 bits per heavy atom. The van der Waals surface area contributed by atoms with Crippen molar-refractivity contribution >= 4 is 58.2 Å². The first-order valence-electron chi connectivity index (χ1n) is 6.89. The van der Waals surface area contributed by atoms with E-state index in [0.717, 1.165) is 0 Å². The second kappa shape index (κ2) is 3.79. The molecule has 0 aromatic carbocycles. The Kier molecular flexibility index (Phi) is 2.46. The highest BCUT2D eigenvalue weighted by molar-refractivity contribution is 6.51. The van der Waals surface area contributed by atoms with Crippen LogP contribution >= 0.6 is 46.4 Å². The first kappa shape index (κ1) is 14.3. The topological polar surface area (TPSA) is 66.8 Å². The van der Waals surface area contributed by atoms with Gasteiger partial charge in [0.05, 0.1) is 43.9 Å². The van der Waals surface area contributed by atoms with Crippen LogP contribution in [0.2, 0.25) is 0 Å². The molecule has 3 heterocycles. The molecule has 4 bridgehead atoms.